The molecule has 5 nitrogen and oxygen atoms in total. The van der Waals surface area contributed by atoms with Gasteiger partial charge in [0.2, 0.25) is 0 Å². The van der Waals surface area contributed by atoms with E-state index in [-0.39, 0.29) is 12.6 Å². The van der Waals surface area contributed by atoms with E-state index in [2.05, 4.69) is 26.1 Å². The quantitative estimate of drug-likeness (QED) is 0.560. The second-order valence-corrected chi connectivity index (χ2v) is 8.45. The van der Waals surface area contributed by atoms with E-state index in [0.717, 1.165) is 33.5 Å². The summed E-state index contributed by atoms with van der Waals surface area (Å²) in [6.45, 7) is -0.00698. The monoisotopic (exact) mass is 418 g/mol. The van der Waals surface area contributed by atoms with Crippen molar-refractivity contribution >= 4 is 33.2 Å². The molecule has 1 aliphatic rings. The first-order valence-corrected chi connectivity index (χ1v) is 9.59. The van der Waals surface area contributed by atoms with E-state index in [4.69, 9.17) is 9.15 Å². The summed E-state index contributed by atoms with van der Waals surface area (Å²) in [7, 11) is 0. The number of carbonyl (C=O) groups is 1. The van der Waals surface area contributed by atoms with E-state index in [0.29, 0.717) is 11.8 Å². The van der Waals surface area contributed by atoms with Gasteiger partial charge in [-0.1, -0.05) is 36.8 Å². The molecule has 1 saturated carbocycles. The summed E-state index contributed by atoms with van der Waals surface area (Å²) in [5.41, 5.74) is 0.490. The normalized spacial score (nSPS) is 15.6. The molecule has 1 aromatic carbocycles. The Hall–Kier alpha value is -1.99. The summed E-state index contributed by atoms with van der Waals surface area (Å²) < 4.78 is 12.1. The van der Waals surface area contributed by atoms with Gasteiger partial charge in [0, 0.05) is 0 Å². The third kappa shape index (κ3) is 3.14. The van der Waals surface area contributed by atoms with Crippen molar-refractivity contribution in [3.8, 4) is 10.8 Å². The highest BCUT2D eigenvalue weighted by atomic mass is 79.9. The van der Waals surface area contributed by atoms with Crippen molar-refractivity contribution in [2.45, 2.75) is 31.3 Å². The zero-order valence-corrected chi connectivity index (χ0v) is 15.7. The predicted molar refractivity (Wildman–Crippen MR) is 97.1 cm³/mol. The average Bonchev–Trinajstić information content (AvgIpc) is 3.22. The van der Waals surface area contributed by atoms with Crippen LogP contribution >= 0.6 is 27.3 Å². The molecule has 2 aromatic heterocycles. The van der Waals surface area contributed by atoms with Crippen LogP contribution in [0, 0.1) is 0 Å². The smallest absolute Gasteiger partial charge is 0.317 e. The van der Waals surface area contributed by atoms with Crippen molar-refractivity contribution in [3.05, 3.63) is 57.7 Å². The van der Waals surface area contributed by atoms with Crippen LogP contribution < -0.4 is 0 Å². The molecule has 0 amide bonds. The number of carbonyl (C=O) groups excluding carboxylic acids is 1. The molecule has 128 valence electrons. The lowest BCUT2D eigenvalue weighted by molar-refractivity contribution is -0.156. The van der Waals surface area contributed by atoms with E-state index < -0.39 is 5.41 Å². The minimum Gasteiger partial charge on any atom is -0.455 e. The van der Waals surface area contributed by atoms with Crippen LogP contribution in [0.5, 0.6) is 0 Å². The van der Waals surface area contributed by atoms with E-state index in [1.165, 1.54) is 11.3 Å². The fourth-order valence-corrected chi connectivity index (χ4v) is 4.31. The fourth-order valence-electron chi connectivity index (χ4n) is 3.00. The lowest BCUT2D eigenvalue weighted by Gasteiger charge is -2.39. The molecule has 25 heavy (non-hydrogen) atoms. The Balaban J connectivity index is 1.44. The molecule has 0 aliphatic heterocycles. The first-order chi connectivity index (χ1) is 12.2. The van der Waals surface area contributed by atoms with Crippen LogP contribution in [0.2, 0.25) is 0 Å². The highest BCUT2D eigenvalue weighted by Gasteiger charge is 2.47. The lowest BCUT2D eigenvalue weighted by atomic mass is 9.64. The molecule has 0 bridgehead atoms. The van der Waals surface area contributed by atoms with Crippen LogP contribution in [0.1, 0.15) is 30.7 Å². The molecule has 0 atom stereocenters. The molecule has 0 spiro atoms. The predicted octanol–water partition coefficient (Wildman–Crippen LogP) is 4.73. The first kappa shape index (κ1) is 16.5. The van der Waals surface area contributed by atoms with Crippen LogP contribution in [0.4, 0.5) is 0 Å². The molecule has 1 fully saturated rings. The van der Waals surface area contributed by atoms with Gasteiger partial charge in [0.25, 0.3) is 11.8 Å². The highest BCUT2D eigenvalue weighted by Crippen LogP contribution is 2.44. The molecular weight excluding hydrogens is 404 g/mol. The maximum atomic E-state index is 12.7. The zero-order valence-electron chi connectivity index (χ0n) is 13.3. The van der Waals surface area contributed by atoms with Crippen LogP contribution in [0.3, 0.4) is 0 Å². The van der Waals surface area contributed by atoms with E-state index in [1.807, 2.05) is 42.5 Å². The number of nitrogens with zero attached hydrogens (tertiary/aromatic N) is 2. The molecule has 0 unspecified atom stereocenters. The summed E-state index contributed by atoms with van der Waals surface area (Å²) >= 11 is 4.91. The van der Waals surface area contributed by atoms with Crippen molar-refractivity contribution < 1.29 is 13.9 Å². The van der Waals surface area contributed by atoms with Gasteiger partial charge in [0.1, 0.15) is 0 Å². The van der Waals surface area contributed by atoms with E-state index in [1.54, 1.807) is 0 Å². The van der Waals surface area contributed by atoms with Gasteiger partial charge >= 0.3 is 5.97 Å². The number of ether oxygens (including phenoxy) is 1. The Bertz CT molecular complexity index is 887. The zero-order chi connectivity index (χ0) is 17.3. The number of hydrogen-bond acceptors (Lipinski definition) is 6. The van der Waals surface area contributed by atoms with Crippen molar-refractivity contribution in [2.75, 3.05) is 0 Å². The highest BCUT2D eigenvalue weighted by molar-refractivity contribution is 9.11. The molecule has 4 rings (SSSR count). The van der Waals surface area contributed by atoms with E-state index in [9.17, 15) is 4.79 Å². The third-order valence-electron chi connectivity index (χ3n) is 4.50. The third-order valence-corrected chi connectivity index (χ3v) is 6.11. The Morgan fingerprint density at radius 2 is 2.00 bits per heavy atom. The number of halogens is 1. The fraction of sp³-hybridized carbons (Fsp3) is 0.278. The van der Waals surface area contributed by atoms with Crippen LogP contribution in [-0.2, 0) is 21.6 Å². The molecule has 0 N–H and O–H groups in total. The Morgan fingerprint density at radius 1 is 1.20 bits per heavy atom. The van der Waals surface area contributed by atoms with Gasteiger partial charge in [-0.05, 0) is 46.5 Å². The van der Waals surface area contributed by atoms with Gasteiger partial charge in [0.15, 0.2) is 6.61 Å². The van der Waals surface area contributed by atoms with Crippen molar-refractivity contribution in [1.82, 2.24) is 10.2 Å². The molecule has 2 heterocycles. The summed E-state index contributed by atoms with van der Waals surface area (Å²) in [6.07, 6.45) is 2.66. The van der Waals surface area contributed by atoms with Crippen LogP contribution in [0.15, 0.2) is 50.7 Å². The van der Waals surface area contributed by atoms with Crippen molar-refractivity contribution in [1.29, 1.82) is 0 Å². The lowest BCUT2D eigenvalue weighted by Crippen LogP contribution is -2.43. The SMILES string of the molecule is O=C(OCc1nnc(-c2ccc(Br)s2)o1)C1(c2ccccc2)CCC1. The van der Waals surface area contributed by atoms with Crippen LogP contribution in [-0.4, -0.2) is 16.2 Å². The number of esters is 1. The number of aromatic nitrogens is 2. The molecule has 1 aliphatic carbocycles. The summed E-state index contributed by atoms with van der Waals surface area (Å²) in [4.78, 5) is 13.6. The number of thiophene rings is 1. The Labute approximate surface area is 157 Å². The van der Waals surface area contributed by atoms with Crippen LogP contribution in [0.25, 0.3) is 10.8 Å². The second kappa shape index (κ2) is 6.72. The van der Waals surface area contributed by atoms with Gasteiger partial charge in [-0.2, -0.15) is 0 Å². The van der Waals surface area contributed by atoms with Gasteiger partial charge in [-0.25, -0.2) is 0 Å². The number of hydrogen-bond donors (Lipinski definition) is 0. The van der Waals surface area contributed by atoms with Gasteiger partial charge in [-0.15, -0.1) is 21.5 Å². The minimum atomic E-state index is -0.525. The van der Waals surface area contributed by atoms with Crippen molar-refractivity contribution in [2.24, 2.45) is 0 Å². The van der Waals surface area contributed by atoms with Crippen molar-refractivity contribution in [3.63, 3.8) is 0 Å². The van der Waals surface area contributed by atoms with E-state index >= 15 is 0 Å². The summed E-state index contributed by atoms with van der Waals surface area (Å²) in [5.74, 6) is 0.516. The number of benzene rings is 1. The summed E-state index contributed by atoms with van der Waals surface area (Å²) in [5, 5.41) is 7.98. The minimum absolute atomic E-state index is 0.00698. The van der Waals surface area contributed by atoms with Gasteiger partial charge < -0.3 is 9.15 Å². The molecule has 7 heteroatoms. The molecule has 3 aromatic rings. The topological polar surface area (TPSA) is 65.2 Å². The van der Waals surface area contributed by atoms with Gasteiger partial charge in [0.05, 0.1) is 14.1 Å². The molecule has 0 saturated heterocycles. The maximum absolute atomic E-state index is 12.7. The Morgan fingerprint density at radius 3 is 2.64 bits per heavy atom. The van der Waals surface area contributed by atoms with Gasteiger partial charge in [-0.3, -0.25) is 4.79 Å². The summed E-state index contributed by atoms with van der Waals surface area (Å²) in [6, 6.07) is 13.6. The maximum Gasteiger partial charge on any atom is 0.317 e. The molecular formula is C18H15BrN2O3S. The second-order valence-electron chi connectivity index (χ2n) is 5.98. The number of rotatable bonds is 5. The largest absolute Gasteiger partial charge is 0.455 e. The average molecular weight is 419 g/mol. The standard InChI is InChI=1S/C18H15BrN2O3S/c19-14-8-7-13(25-14)16-21-20-15(24-16)11-23-17(22)18(9-4-10-18)12-5-2-1-3-6-12/h1-3,5-8H,4,9-11H2. The Kier molecular flexibility index (Phi) is 4.43. The molecule has 0 radical (unpaired) electrons. The first-order valence-electron chi connectivity index (χ1n) is 7.98.